The number of aliphatic hydroxyl groups is 3. The highest BCUT2D eigenvalue weighted by Gasteiger charge is 2.64. The minimum atomic E-state index is -2.65. The number of aromatic nitrogens is 1. The van der Waals surface area contributed by atoms with Crippen molar-refractivity contribution in [2.75, 3.05) is 28.2 Å². The van der Waals surface area contributed by atoms with Crippen molar-refractivity contribution in [3.63, 3.8) is 0 Å². The third kappa shape index (κ3) is 3.80. The number of nitrogens with one attached hydrogen (secondary N) is 1. The van der Waals surface area contributed by atoms with E-state index in [2.05, 4.69) is 4.98 Å². The zero-order valence-electron chi connectivity index (χ0n) is 22.1. The number of aliphatic hydroxyl groups excluding tert-OH is 2. The Kier molecular flexibility index (Phi) is 6.21. The molecule has 39 heavy (non-hydrogen) atoms. The van der Waals surface area contributed by atoms with Crippen molar-refractivity contribution in [3.05, 3.63) is 58.0 Å². The van der Waals surface area contributed by atoms with Gasteiger partial charge < -0.3 is 36.0 Å². The maximum atomic E-state index is 13.9. The fourth-order valence-corrected chi connectivity index (χ4v) is 6.53. The number of Topliss-reactive ketones (excluding diaryl/α,β-unsaturated/α-hetero) is 2. The lowest BCUT2D eigenvalue weighted by molar-refractivity contribution is -0.153. The van der Waals surface area contributed by atoms with Crippen LogP contribution in [0.5, 0.6) is 5.75 Å². The molecular weight excluding hydrogens is 504 g/mol. The first-order chi connectivity index (χ1) is 18.3. The summed E-state index contributed by atoms with van der Waals surface area (Å²) in [6.45, 7) is 0.678. The zero-order chi connectivity index (χ0) is 28.5. The number of hydrogen-bond donors (Lipinski definition) is 6. The summed E-state index contributed by atoms with van der Waals surface area (Å²) in [4.78, 5) is 46.1. The number of phenolic OH excluding ortho intramolecular Hbond substituents is 1. The average molecular weight is 537 g/mol. The molecule has 5 rings (SSSR count). The quantitative estimate of drug-likeness (QED) is 0.304. The molecule has 0 spiro atoms. The number of ketones is 2. The molecule has 3 aliphatic carbocycles. The lowest BCUT2D eigenvalue weighted by Gasteiger charge is -2.50. The number of carbonyl (C=O) groups excluding carboxylic acids is 3. The van der Waals surface area contributed by atoms with Crippen LogP contribution < -0.4 is 5.73 Å². The minimum Gasteiger partial charge on any atom is -0.508 e. The lowest BCUT2D eigenvalue weighted by Crippen LogP contribution is -2.65. The van der Waals surface area contributed by atoms with Crippen molar-refractivity contribution in [1.82, 2.24) is 14.8 Å². The van der Waals surface area contributed by atoms with Gasteiger partial charge in [0, 0.05) is 35.0 Å². The van der Waals surface area contributed by atoms with E-state index >= 15 is 0 Å². The number of carbonyl (C=O) groups is 3. The maximum absolute atomic E-state index is 13.9. The van der Waals surface area contributed by atoms with Crippen molar-refractivity contribution >= 4 is 23.2 Å². The Balaban J connectivity index is 1.69. The molecular formula is C28H32N4O7. The van der Waals surface area contributed by atoms with Gasteiger partial charge in [0.1, 0.15) is 22.8 Å². The first-order valence-electron chi connectivity index (χ1n) is 12.6. The van der Waals surface area contributed by atoms with E-state index in [9.17, 15) is 34.8 Å². The van der Waals surface area contributed by atoms with Crippen molar-refractivity contribution in [3.8, 4) is 17.0 Å². The molecule has 11 heteroatoms. The van der Waals surface area contributed by atoms with Gasteiger partial charge in [-0.1, -0.05) is 0 Å². The van der Waals surface area contributed by atoms with Crippen LogP contribution in [0.15, 0.2) is 41.2 Å². The second-order valence-corrected chi connectivity index (χ2v) is 11.1. The highest BCUT2D eigenvalue weighted by atomic mass is 16.3. The molecule has 7 N–H and O–H groups in total. The van der Waals surface area contributed by atoms with Crippen LogP contribution in [-0.2, 0) is 27.3 Å². The minimum absolute atomic E-state index is 0.0392. The molecule has 0 bridgehead atoms. The van der Waals surface area contributed by atoms with Crippen molar-refractivity contribution in [2.24, 2.45) is 17.6 Å². The standard InChI is InChI=1S/C28H32N4O7/c1-31(2)11-13-5-7-17(30-13)14-6-8-18(33)20-15(14)9-12-10-16-22(32(3)4)24(35)21(27(29)38)26(37)28(16,39)25(36)19(12)23(20)34/h5-8,12,16,22,30,33-34,37,39H,9-11H2,1-4H3,(H2,29,38)/t12-,16-,22?,28-/m0/s1. The molecule has 206 valence electrons. The SMILES string of the molecule is CN(C)Cc1ccc(-c2ccc(O)c3c2C[C@H]2C[C@H]4C(N(C)C)C(=O)C(C(N)=O)=C(O)[C@@]4(O)C(=O)C2=C3O)[nH]1. The molecule has 1 amide bonds. The Morgan fingerprint density at radius 2 is 1.79 bits per heavy atom. The molecule has 0 aliphatic heterocycles. The normalized spacial score (nSPS) is 26.7. The molecule has 0 radical (unpaired) electrons. The second kappa shape index (κ2) is 9.08. The number of aromatic hydroxyl groups is 1. The number of hydrogen-bond acceptors (Lipinski definition) is 9. The fourth-order valence-electron chi connectivity index (χ4n) is 6.53. The highest BCUT2D eigenvalue weighted by molar-refractivity contribution is 6.24. The molecule has 2 aromatic rings. The predicted octanol–water partition coefficient (Wildman–Crippen LogP) is 1.02. The third-order valence-corrected chi connectivity index (χ3v) is 8.13. The van der Waals surface area contributed by atoms with Crippen molar-refractivity contribution < 1.29 is 34.8 Å². The molecule has 0 saturated heterocycles. The molecule has 1 unspecified atom stereocenters. The molecule has 1 saturated carbocycles. The van der Waals surface area contributed by atoms with E-state index in [0.29, 0.717) is 12.1 Å². The maximum Gasteiger partial charge on any atom is 0.255 e. The summed E-state index contributed by atoms with van der Waals surface area (Å²) in [5.74, 6) is -6.68. The summed E-state index contributed by atoms with van der Waals surface area (Å²) in [5.41, 5.74) is 4.84. The van der Waals surface area contributed by atoms with E-state index in [4.69, 9.17) is 5.73 Å². The van der Waals surface area contributed by atoms with Gasteiger partial charge in [0.15, 0.2) is 11.4 Å². The van der Waals surface area contributed by atoms with Crippen LogP contribution in [0.3, 0.4) is 0 Å². The first kappa shape index (κ1) is 26.7. The Morgan fingerprint density at radius 3 is 2.41 bits per heavy atom. The summed E-state index contributed by atoms with van der Waals surface area (Å²) in [6, 6.07) is 5.89. The van der Waals surface area contributed by atoms with Crippen LogP contribution in [0, 0.1) is 11.8 Å². The lowest BCUT2D eigenvalue weighted by atomic mass is 9.57. The number of benzene rings is 1. The summed E-state index contributed by atoms with van der Waals surface area (Å²) in [6.07, 6.45) is 0.262. The number of fused-ring (bicyclic) bond motifs is 3. The van der Waals surface area contributed by atoms with Gasteiger partial charge >= 0.3 is 0 Å². The monoisotopic (exact) mass is 536 g/mol. The summed E-state index contributed by atoms with van der Waals surface area (Å²) in [7, 11) is 7.04. The Bertz CT molecular complexity index is 1480. The van der Waals surface area contributed by atoms with E-state index in [1.807, 2.05) is 31.1 Å². The number of rotatable bonds is 5. The van der Waals surface area contributed by atoms with Gasteiger partial charge in [-0.3, -0.25) is 19.3 Å². The largest absolute Gasteiger partial charge is 0.508 e. The van der Waals surface area contributed by atoms with Gasteiger partial charge in [0.25, 0.3) is 5.91 Å². The summed E-state index contributed by atoms with van der Waals surface area (Å²) >= 11 is 0. The Morgan fingerprint density at radius 1 is 1.10 bits per heavy atom. The second-order valence-electron chi connectivity index (χ2n) is 11.1. The molecule has 1 aromatic carbocycles. The van der Waals surface area contributed by atoms with Crippen LogP contribution >= 0.6 is 0 Å². The Hall–Kier alpha value is -3.93. The number of phenols is 1. The zero-order valence-corrected chi connectivity index (χ0v) is 22.1. The number of aromatic amines is 1. The van der Waals surface area contributed by atoms with E-state index in [1.165, 1.54) is 11.0 Å². The van der Waals surface area contributed by atoms with Gasteiger partial charge in [-0.2, -0.15) is 0 Å². The number of amides is 1. The van der Waals surface area contributed by atoms with Crippen molar-refractivity contribution in [2.45, 2.75) is 31.0 Å². The topological polar surface area (TPSA) is 180 Å². The number of H-pyrrole nitrogens is 1. The number of likely N-dealkylation sites (N-methyl/N-ethyl adjacent to an activating group) is 1. The van der Waals surface area contributed by atoms with E-state index < -0.39 is 58.0 Å². The van der Waals surface area contributed by atoms with Gasteiger partial charge in [-0.05, 0) is 76.8 Å². The molecule has 3 aliphatic rings. The third-order valence-electron chi connectivity index (χ3n) is 8.13. The number of primary amides is 1. The predicted molar refractivity (Wildman–Crippen MR) is 141 cm³/mol. The van der Waals surface area contributed by atoms with Crippen molar-refractivity contribution in [1.29, 1.82) is 0 Å². The molecule has 4 atom stereocenters. The Labute approximate surface area is 224 Å². The van der Waals surface area contributed by atoms with E-state index in [0.717, 1.165) is 17.0 Å². The number of nitrogens with zero attached hydrogens (tertiary/aromatic N) is 2. The van der Waals surface area contributed by atoms with Gasteiger partial charge in [0.2, 0.25) is 5.78 Å². The van der Waals surface area contributed by atoms with Crippen LogP contribution in [0.2, 0.25) is 0 Å². The van der Waals surface area contributed by atoms with Crippen LogP contribution in [-0.4, -0.2) is 92.5 Å². The van der Waals surface area contributed by atoms with Gasteiger partial charge in [0.05, 0.1) is 11.6 Å². The molecule has 1 heterocycles. The smallest absolute Gasteiger partial charge is 0.255 e. The van der Waals surface area contributed by atoms with E-state index in [-0.39, 0.29) is 29.7 Å². The molecule has 1 fully saturated rings. The van der Waals surface area contributed by atoms with Crippen LogP contribution in [0.4, 0.5) is 0 Å². The first-order valence-corrected chi connectivity index (χ1v) is 12.6. The average Bonchev–Trinajstić information content (AvgIpc) is 3.28. The van der Waals surface area contributed by atoms with Gasteiger partial charge in [-0.25, -0.2) is 0 Å². The van der Waals surface area contributed by atoms with E-state index in [1.54, 1.807) is 20.2 Å². The molecule has 11 nitrogen and oxygen atoms in total. The highest BCUT2D eigenvalue weighted by Crippen LogP contribution is 2.53. The summed E-state index contributed by atoms with van der Waals surface area (Å²) < 4.78 is 0. The van der Waals surface area contributed by atoms with Crippen LogP contribution in [0.25, 0.3) is 17.0 Å². The number of nitrogens with two attached hydrogens (primary N) is 1. The molecule has 1 aromatic heterocycles. The summed E-state index contributed by atoms with van der Waals surface area (Å²) in [5, 5.41) is 44.8. The van der Waals surface area contributed by atoms with Gasteiger partial charge in [-0.15, -0.1) is 0 Å². The fraction of sp³-hybridized carbons (Fsp3) is 0.393. The van der Waals surface area contributed by atoms with Crippen LogP contribution in [0.1, 0.15) is 23.2 Å².